The minimum absolute atomic E-state index is 0.154. The van der Waals surface area contributed by atoms with E-state index >= 15 is 0 Å². The first-order valence-electron chi connectivity index (χ1n) is 10.8. The van der Waals surface area contributed by atoms with Crippen molar-refractivity contribution in [3.05, 3.63) is 16.4 Å². The number of aromatic nitrogens is 2. The molecular formula is C21H33Cl2N5O2. The first-order chi connectivity index (χ1) is 14.1. The van der Waals surface area contributed by atoms with Crippen LogP contribution in [-0.4, -0.2) is 65.1 Å². The number of piperidine rings is 2. The van der Waals surface area contributed by atoms with E-state index < -0.39 is 5.60 Å². The number of nitrogens with one attached hydrogen (secondary N) is 1. The smallest absolute Gasteiger partial charge is 0.410 e. The molecule has 168 valence electrons. The summed E-state index contributed by atoms with van der Waals surface area (Å²) in [6, 6.07) is 2.72. The summed E-state index contributed by atoms with van der Waals surface area (Å²) in [4.78, 5) is 16.8. The summed E-state index contributed by atoms with van der Waals surface area (Å²) >= 11 is 12.1. The monoisotopic (exact) mass is 457 g/mol. The molecule has 3 atom stereocenters. The number of nitrogens with zero attached hydrogens (tertiary/aromatic N) is 4. The Morgan fingerprint density at radius 1 is 1.27 bits per heavy atom. The lowest BCUT2D eigenvalue weighted by molar-refractivity contribution is -0.0234. The van der Waals surface area contributed by atoms with E-state index in [0.29, 0.717) is 16.3 Å². The van der Waals surface area contributed by atoms with Gasteiger partial charge in [-0.15, -0.1) is 10.2 Å². The number of fused-ring (bicyclic) bond motifs is 2. The molecule has 1 aromatic rings. The van der Waals surface area contributed by atoms with Gasteiger partial charge >= 0.3 is 6.09 Å². The Kier molecular flexibility index (Phi) is 7.69. The maximum Gasteiger partial charge on any atom is 0.410 e. The van der Waals surface area contributed by atoms with E-state index in [2.05, 4.69) is 15.5 Å². The average Bonchev–Trinajstić information content (AvgIpc) is 2.64. The van der Waals surface area contributed by atoms with E-state index in [9.17, 15) is 4.79 Å². The van der Waals surface area contributed by atoms with Gasteiger partial charge in [-0.1, -0.05) is 23.2 Å². The lowest BCUT2D eigenvalue weighted by atomic mass is 9.82. The maximum atomic E-state index is 12.7. The van der Waals surface area contributed by atoms with Crippen LogP contribution in [0.15, 0.2) is 6.07 Å². The lowest BCUT2D eigenvalue weighted by Gasteiger charge is -2.48. The predicted octanol–water partition coefficient (Wildman–Crippen LogP) is 4.52. The molecule has 0 radical (unpaired) electrons. The van der Waals surface area contributed by atoms with Crippen molar-refractivity contribution in [1.29, 1.82) is 0 Å². The third-order valence-electron chi connectivity index (χ3n) is 5.79. The van der Waals surface area contributed by atoms with Gasteiger partial charge in [0.2, 0.25) is 0 Å². The molecule has 1 N–H and O–H groups in total. The molecule has 0 aliphatic carbocycles. The Bertz CT molecular complexity index is 729. The zero-order chi connectivity index (χ0) is 21.9. The topological polar surface area (TPSA) is 70.6 Å². The quantitative estimate of drug-likeness (QED) is 0.633. The largest absolute Gasteiger partial charge is 0.444 e. The zero-order valence-electron chi connectivity index (χ0n) is 18.3. The molecular weight excluding hydrogens is 425 g/mol. The number of amides is 1. The molecule has 2 aliphatic heterocycles. The van der Waals surface area contributed by atoms with Gasteiger partial charge in [0.1, 0.15) is 5.60 Å². The highest BCUT2D eigenvalue weighted by molar-refractivity contribution is 6.33. The second-order valence-electron chi connectivity index (χ2n) is 9.37. The summed E-state index contributed by atoms with van der Waals surface area (Å²) in [7, 11) is 1.98. The molecule has 2 bridgehead atoms. The van der Waals surface area contributed by atoms with Crippen LogP contribution in [0.1, 0.15) is 59.3 Å². The number of hydrogen-bond donors (Lipinski definition) is 1. The highest BCUT2D eigenvalue weighted by Gasteiger charge is 2.42. The highest BCUT2D eigenvalue weighted by atomic mass is 35.5. The summed E-state index contributed by atoms with van der Waals surface area (Å²) in [5.41, 5.74) is 0.334. The van der Waals surface area contributed by atoms with Crippen molar-refractivity contribution in [3.8, 4) is 0 Å². The number of hydrogen-bond acceptors (Lipinski definition) is 6. The van der Waals surface area contributed by atoms with Crippen LogP contribution in [0.5, 0.6) is 0 Å². The van der Waals surface area contributed by atoms with E-state index in [1.54, 1.807) is 6.07 Å². The second-order valence-corrected chi connectivity index (χ2v) is 10.1. The standard InChI is InChI=1S/C21H33Cl2N5O2/c1-21(2,3)30-20(29)28-15-7-5-8-16(28)12-14(11-15)24-9-6-10-27(4)17-13-18(22)25-26-19(17)23/h13-16,24H,5-12H2,1-4H3/t14?,15-,16?/m0/s1. The van der Waals surface area contributed by atoms with E-state index in [4.69, 9.17) is 27.9 Å². The van der Waals surface area contributed by atoms with E-state index in [-0.39, 0.29) is 18.2 Å². The van der Waals surface area contributed by atoms with Crippen LogP contribution in [0, 0.1) is 0 Å². The van der Waals surface area contributed by atoms with Gasteiger partial charge in [0.15, 0.2) is 10.3 Å². The molecule has 30 heavy (non-hydrogen) atoms. The fourth-order valence-corrected chi connectivity index (χ4v) is 4.89. The average molecular weight is 458 g/mol. The van der Waals surface area contributed by atoms with Crippen molar-refractivity contribution in [2.24, 2.45) is 0 Å². The third kappa shape index (κ3) is 6.11. The Morgan fingerprint density at radius 3 is 2.57 bits per heavy atom. The van der Waals surface area contributed by atoms with Crippen LogP contribution < -0.4 is 10.2 Å². The Balaban J connectivity index is 1.46. The van der Waals surface area contributed by atoms with Gasteiger partial charge in [-0.3, -0.25) is 0 Å². The van der Waals surface area contributed by atoms with Gasteiger partial charge in [-0.2, -0.15) is 0 Å². The van der Waals surface area contributed by atoms with Gasteiger partial charge in [-0.05, 0) is 65.8 Å². The van der Waals surface area contributed by atoms with Gasteiger partial charge < -0.3 is 19.9 Å². The fourth-order valence-electron chi connectivity index (χ4n) is 4.52. The first-order valence-corrected chi connectivity index (χ1v) is 11.5. The normalized spacial score (nSPS) is 23.9. The van der Waals surface area contributed by atoms with Gasteiger partial charge in [0.25, 0.3) is 0 Å². The van der Waals surface area contributed by atoms with Gasteiger partial charge in [0, 0.05) is 37.8 Å². The molecule has 2 unspecified atom stereocenters. The van der Waals surface area contributed by atoms with Crippen LogP contribution in [0.25, 0.3) is 0 Å². The number of halogens is 2. The Hall–Kier alpha value is -1.31. The van der Waals surface area contributed by atoms with Crippen LogP contribution in [0.2, 0.25) is 10.3 Å². The van der Waals surface area contributed by atoms with Gasteiger partial charge in [0.05, 0.1) is 5.69 Å². The Morgan fingerprint density at radius 2 is 1.93 bits per heavy atom. The molecule has 0 spiro atoms. The first kappa shape index (κ1) is 23.4. The number of ether oxygens (including phenoxy) is 1. The number of carbonyl (C=O) groups excluding carboxylic acids is 1. The van der Waals surface area contributed by atoms with Gasteiger partial charge in [-0.25, -0.2) is 4.79 Å². The van der Waals surface area contributed by atoms with E-state index in [1.165, 1.54) is 6.42 Å². The van der Waals surface area contributed by atoms with E-state index in [0.717, 1.165) is 50.9 Å². The van der Waals surface area contributed by atoms with Crippen molar-refractivity contribution in [2.45, 2.75) is 83.0 Å². The maximum absolute atomic E-state index is 12.7. The molecule has 3 rings (SSSR count). The molecule has 1 aromatic heterocycles. The highest BCUT2D eigenvalue weighted by Crippen LogP contribution is 2.35. The molecule has 3 heterocycles. The second kappa shape index (κ2) is 9.88. The third-order valence-corrected chi connectivity index (χ3v) is 6.25. The molecule has 2 saturated heterocycles. The summed E-state index contributed by atoms with van der Waals surface area (Å²) in [6.45, 7) is 7.52. The minimum atomic E-state index is -0.454. The number of carbonyl (C=O) groups is 1. The van der Waals surface area contributed by atoms with Crippen molar-refractivity contribution in [1.82, 2.24) is 20.4 Å². The molecule has 7 nitrogen and oxygen atoms in total. The minimum Gasteiger partial charge on any atom is -0.444 e. The number of rotatable bonds is 6. The fraction of sp³-hybridized carbons (Fsp3) is 0.762. The summed E-state index contributed by atoms with van der Waals surface area (Å²) < 4.78 is 5.67. The van der Waals surface area contributed by atoms with Crippen molar-refractivity contribution < 1.29 is 9.53 Å². The lowest BCUT2D eigenvalue weighted by Crippen LogP contribution is -2.59. The van der Waals surface area contributed by atoms with Crippen molar-refractivity contribution in [3.63, 3.8) is 0 Å². The summed E-state index contributed by atoms with van der Waals surface area (Å²) in [5, 5.41) is 12.0. The summed E-state index contributed by atoms with van der Waals surface area (Å²) in [6.07, 6.45) is 6.10. The van der Waals surface area contributed by atoms with Crippen LogP contribution >= 0.6 is 23.2 Å². The molecule has 2 aliphatic rings. The van der Waals surface area contributed by atoms with Crippen LogP contribution in [0.3, 0.4) is 0 Å². The van der Waals surface area contributed by atoms with Crippen molar-refractivity contribution in [2.75, 3.05) is 25.0 Å². The van der Waals surface area contributed by atoms with Crippen LogP contribution in [-0.2, 0) is 4.74 Å². The zero-order valence-corrected chi connectivity index (χ0v) is 19.8. The molecule has 2 fully saturated rings. The number of anilines is 1. The molecule has 1 amide bonds. The molecule has 0 saturated carbocycles. The van der Waals surface area contributed by atoms with Crippen molar-refractivity contribution >= 4 is 35.0 Å². The Labute approximate surface area is 189 Å². The molecule has 0 aromatic carbocycles. The summed E-state index contributed by atoms with van der Waals surface area (Å²) in [5.74, 6) is 0. The predicted molar refractivity (Wildman–Crippen MR) is 120 cm³/mol. The van der Waals surface area contributed by atoms with Crippen LogP contribution in [0.4, 0.5) is 10.5 Å². The SMILES string of the molecule is CN(CCCNC1CC2CCC[C@@H](C1)N2C(=O)OC(C)(C)C)c1cc(Cl)nnc1Cl. The van der Waals surface area contributed by atoms with E-state index in [1.807, 2.05) is 37.6 Å². The molecule has 9 heteroatoms.